The van der Waals surface area contributed by atoms with E-state index >= 15 is 0 Å². The van der Waals surface area contributed by atoms with Crippen molar-refractivity contribution in [2.45, 2.75) is 33.2 Å². The minimum atomic E-state index is 0.175. The Kier molecular flexibility index (Phi) is 3.92. The van der Waals surface area contributed by atoms with E-state index in [0.29, 0.717) is 18.8 Å². The molecule has 0 saturated carbocycles. The molecular weight excluding hydrogens is 278 g/mol. The molecule has 0 bridgehead atoms. The number of hydrogen-bond acceptors (Lipinski definition) is 3. The van der Waals surface area contributed by atoms with Gasteiger partial charge in [-0.3, -0.25) is 4.79 Å². The van der Waals surface area contributed by atoms with Crippen molar-refractivity contribution in [3.8, 4) is 22.8 Å². The van der Waals surface area contributed by atoms with Gasteiger partial charge in [-0.1, -0.05) is 6.92 Å². The summed E-state index contributed by atoms with van der Waals surface area (Å²) < 4.78 is 13.3. The summed E-state index contributed by atoms with van der Waals surface area (Å²) in [4.78, 5) is 12.2. The highest BCUT2D eigenvalue weighted by Gasteiger charge is 2.24. The Balaban J connectivity index is 2.17. The number of methoxy groups -OCH3 is 1. The zero-order valence-electron chi connectivity index (χ0n) is 13.3. The number of carbonyl (C=O) groups is 1. The Morgan fingerprint density at radius 3 is 2.77 bits per heavy atom. The molecule has 1 aromatic heterocycles. The highest BCUT2D eigenvalue weighted by Crippen LogP contribution is 2.40. The van der Waals surface area contributed by atoms with Crippen molar-refractivity contribution in [1.29, 1.82) is 0 Å². The van der Waals surface area contributed by atoms with Crippen LogP contribution >= 0.6 is 0 Å². The van der Waals surface area contributed by atoms with Gasteiger partial charge in [0, 0.05) is 30.3 Å². The Hall–Kier alpha value is -2.23. The summed E-state index contributed by atoms with van der Waals surface area (Å²) in [7, 11) is 1.64. The molecule has 2 aromatic rings. The maximum atomic E-state index is 12.2. The van der Waals surface area contributed by atoms with Gasteiger partial charge in [-0.2, -0.15) is 0 Å². The third kappa shape index (κ3) is 2.28. The number of aromatic nitrogens is 1. The molecular formula is C18H21NO3. The average molecular weight is 299 g/mol. The summed E-state index contributed by atoms with van der Waals surface area (Å²) in [6.07, 6.45) is 3.45. The smallest absolute Gasteiger partial charge is 0.164 e. The predicted octanol–water partition coefficient (Wildman–Crippen LogP) is 3.71. The standard InChI is InChI=1S/C18H21NO3/c1-4-15(20)13-7-9-19-8-6-12-10-17(22-5-2)16(21-3)11-14(12)18(13)19/h7,9-11H,4-6,8H2,1-3H3. The van der Waals surface area contributed by atoms with Gasteiger partial charge >= 0.3 is 0 Å². The van der Waals surface area contributed by atoms with E-state index < -0.39 is 0 Å². The topological polar surface area (TPSA) is 40.5 Å². The molecule has 0 radical (unpaired) electrons. The number of rotatable bonds is 5. The molecule has 2 heterocycles. The molecule has 0 atom stereocenters. The van der Waals surface area contributed by atoms with E-state index in [4.69, 9.17) is 9.47 Å². The average Bonchev–Trinajstić information content (AvgIpc) is 2.98. The first kappa shape index (κ1) is 14.7. The summed E-state index contributed by atoms with van der Waals surface area (Å²) in [5.41, 5.74) is 4.10. The summed E-state index contributed by atoms with van der Waals surface area (Å²) in [5, 5.41) is 0. The first-order valence-corrected chi connectivity index (χ1v) is 7.76. The lowest BCUT2D eigenvalue weighted by molar-refractivity contribution is 0.0988. The molecule has 0 saturated heterocycles. The molecule has 1 aliphatic heterocycles. The molecule has 1 aliphatic rings. The van der Waals surface area contributed by atoms with Gasteiger partial charge in [0.15, 0.2) is 17.3 Å². The van der Waals surface area contributed by atoms with Crippen LogP contribution in [0.3, 0.4) is 0 Å². The van der Waals surface area contributed by atoms with E-state index in [9.17, 15) is 4.79 Å². The second-order valence-corrected chi connectivity index (χ2v) is 5.39. The molecule has 0 N–H and O–H groups in total. The van der Waals surface area contributed by atoms with Crippen molar-refractivity contribution in [2.75, 3.05) is 13.7 Å². The lowest BCUT2D eigenvalue weighted by Crippen LogP contribution is -2.13. The summed E-state index contributed by atoms with van der Waals surface area (Å²) in [6, 6.07) is 5.98. The third-order valence-corrected chi connectivity index (χ3v) is 4.15. The third-order valence-electron chi connectivity index (χ3n) is 4.15. The van der Waals surface area contributed by atoms with E-state index in [1.54, 1.807) is 7.11 Å². The van der Waals surface area contributed by atoms with Crippen molar-refractivity contribution < 1.29 is 14.3 Å². The lowest BCUT2D eigenvalue weighted by atomic mass is 9.94. The van der Waals surface area contributed by atoms with Crippen LogP contribution in [0, 0.1) is 0 Å². The maximum absolute atomic E-state index is 12.2. The van der Waals surface area contributed by atoms with Crippen LogP contribution in [0.25, 0.3) is 11.3 Å². The van der Waals surface area contributed by atoms with E-state index in [-0.39, 0.29) is 5.78 Å². The molecule has 0 amide bonds. The van der Waals surface area contributed by atoms with Crippen LogP contribution in [0.1, 0.15) is 36.2 Å². The van der Waals surface area contributed by atoms with Gasteiger partial charge < -0.3 is 14.0 Å². The molecule has 22 heavy (non-hydrogen) atoms. The summed E-state index contributed by atoms with van der Waals surface area (Å²) >= 11 is 0. The number of aryl methyl sites for hydroxylation is 2. The van der Waals surface area contributed by atoms with Crippen LogP contribution in [0.15, 0.2) is 24.4 Å². The largest absolute Gasteiger partial charge is 0.493 e. The van der Waals surface area contributed by atoms with Crippen LogP contribution in [-0.2, 0) is 13.0 Å². The summed E-state index contributed by atoms with van der Waals surface area (Å²) in [6.45, 7) is 5.35. The first-order chi connectivity index (χ1) is 10.7. The number of carbonyl (C=O) groups excluding carboxylic acids is 1. The van der Waals surface area contributed by atoms with Gasteiger partial charge in [-0.15, -0.1) is 0 Å². The van der Waals surface area contributed by atoms with E-state index in [1.807, 2.05) is 38.2 Å². The number of Topliss-reactive ketones (excluding diaryl/α,β-unsaturated/α-hetero) is 1. The normalized spacial score (nSPS) is 12.5. The van der Waals surface area contributed by atoms with Gasteiger partial charge in [-0.05, 0) is 37.1 Å². The second-order valence-electron chi connectivity index (χ2n) is 5.39. The molecule has 4 heteroatoms. The minimum Gasteiger partial charge on any atom is -0.493 e. The van der Waals surface area contributed by atoms with Gasteiger partial charge in [0.1, 0.15) is 0 Å². The van der Waals surface area contributed by atoms with Gasteiger partial charge in [0.25, 0.3) is 0 Å². The fourth-order valence-electron chi connectivity index (χ4n) is 3.07. The maximum Gasteiger partial charge on any atom is 0.164 e. The van der Waals surface area contributed by atoms with Crippen LogP contribution in [0.4, 0.5) is 0 Å². The lowest BCUT2D eigenvalue weighted by Gasteiger charge is -2.23. The molecule has 1 aromatic carbocycles. The molecule has 0 spiro atoms. The molecule has 4 nitrogen and oxygen atoms in total. The zero-order valence-corrected chi connectivity index (χ0v) is 13.3. The first-order valence-electron chi connectivity index (χ1n) is 7.76. The number of ether oxygens (including phenoxy) is 2. The molecule has 0 fully saturated rings. The van der Waals surface area contributed by atoms with Crippen molar-refractivity contribution in [1.82, 2.24) is 4.57 Å². The van der Waals surface area contributed by atoms with Crippen LogP contribution in [0.5, 0.6) is 11.5 Å². The van der Waals surface area contributed by atoms with Crippen molar-refractivity contribution in [3.05, 3.63) is 35.5 Å². The van der Waals surface area contributed by atoms with Crippen molar-refractivity contribution >= 4 is 5.78 Å². The second kappa shape index (κ2) is 5.87. The van der Waals surface area contributed by atoms with Crippen LogP contribution in [-0.4, -0.2) is 24.1 Å². The van der Waals surface area contributed by atoms with E-state index in [1.165, 1.54) is 5.56 Å². The minimum absolute atomic E-state index is 0.175. The molecule has 0 unspecified atom stereocenters. The van der Waals surface area contributed by atoms with Gasteiger partial charge in [0.05, 0.1) is 19.4 Å². The fraction of sp³-hybridized carbons (Fsp3) is 0.389. The Bertz CT molecular complexity index is 715. The number of hydrogen-bond donors (Lipinski definition) is 0. The van der Waals surface area contributed by atoms with Crippen molar-refractivity contribution in [3.63, 3.8) is 0 Å². The Morgan fingerprint density at radius 1 is 1.27 bits per heavy atom. The number of fused-ring (bicyclic) bond motifs is 3. The number of benzene rings is 1. The molecule has 0 aliphatic carbocycles. The highest BCUT2D eigenvalue weighted by molar-refractivity contribution is 6.02. The van der Waals surface area contributed by atoms with E-state index in [0.717, 1.165) is 35.5 Å². The van der Waals surface area contributed by atoms with Gasteiger partial charge in [0.2, 0.25) is 0 Å². The number of ketones is 1. The Morgan fingerprint density at radius 2 is 2.09 bits per heavy atom. The zero-order chi connectivity index (χ0) is 15.7. The Labute approximate surface area is 130 Å². The monoisotopic (exact) mass is 299 g/mol. The van der Waals surface area contributed by atoms with Crippen LogP contribution < -0.4 is 9.47 Å². The SMILES string of the molecule is CCOc1cc2c(cc1OC)-c1c(C(=O)CC)ccn1CC2. The fourth-order valence-corrected chi connectivity index (χ4v) is 3.07. The number of nitrogens with zero attached hydrogens (tertiary/aromatic N) is 1. The summed E-state index contributed by atoms with van der Waals surface area (Å²) in [5.74, 6) is 1.66. The highest BCUT2D eigenvalue weighted by atomic mass is 16.5. The van der Waals surface area contributed by atoms with Crippen LogP contribution in [0.2, 0.25) is 0 Å². The quantitative estimate of drug-likeness (QED) is 0.790. The van der Waals surface area contributed by atoms with E-state index in [2.05, 4.69) is 4.57 Å². The predicted molar refractivity (Wildman–Crippen MR) is 85.9 cm³/mol. The van der Waals surface area contributed by atoms with Crippen molar-refractivity contribution in [2.24, 2.45) is 0 Å². The molecule has 116 valence electrons. The van der Waals surface area contributed by atoms with Gasteiger partial charge in [-0.25, -0.2) is 0 Å². The molecule has 3 rings (SSSR count).